The summed E-state index contributed by atoms with van der Waals surface area (Å²) in [7, 11) is 0. The maximum Gasteiger partial charge on any atom is 0.328 e. The first-order valence-corrected chi connectivity index (χ1v) is 5.58. The van der Waals surface area contributed by atoms with Crippen molar-refractivity contribution in [1.82, 2.24) is 9.97 Å². The molecule has 1 heterocycles. The third kappa shape index (κ3) is 2.72. The van der Waals surface area contributed by atoms with E-state index in [1.807, 2.05) is 16.0 Å². The van der Waals surface area contributed by atoms with Crippen LogP contribution < -0.4 is 11.2 Å². The maximum absolute atomic E-state index is 11.4. The average Bonchev–Trinajstić information content (AvgIpc) is 2.27. The van der Waals surface area contributed by atoms with Gasteiger partial charge in [0.05, 0.1) is 5.69 Å². The first kappa shape index (κ1) is 12.2. The van der Waals surface area contributed by atoms with Crippen LogP contribution in [0, 0.1) is 0 Å². The Morgan fingerprint density at radius 3 is 2.61 bits per heavy atom. The quantitative estimate of drug-likeness (QED) is 0.737. The van der Waals surface area contributed by atoms with Gasteiger partial charge in [0, 0.05) is 4.47 Å². The van der Waals surface area contributed by atoms with E-state index in [1.165, 1.54) is 0 Å². The zero-order chi connectivity index (χ0) is 13.1. The van der Waals surface area contributed by atoms with E-state index in [0.29, 0.717) is 5.69 Å². The highest BCUT2D eigenvalue weighted by Gasteiger charge is 2.06. The molecule has 0 saturated carbocycles. The Morgan fingerprint density at radius 1 is 1.17 bits per heavy atom. The van der Waals surface area contributed by atoms with Gasteiger partial charge in [-0.3, -0.25) is 14.8 Å². The highest BCUT2D eigenvalue weighted by atomic mass is 79.9. The highest BCUT2D eigenvalue weighted by Crippen LogP contribution is 2.22. The standard InChI is InChI=1S/C10H7BrN4O3/c11-5-2-1-3-6(4-5)14-15-7-8(16)12-10(18)13-9(7)17/h1-4H,(H3,12,13,16,17,18). The van der Waals surface area contributed by atoms with Crippen LogP contribution in [-0.4, -0.2) is 15.1 Å². The summed E-state index contributed by atoms with van der Waals surface area (Å²) in [6.45, 7) is 0. The Balaban J connectivity index is 2.41. The third-order valence-electron chi connectivity index (χ3n) is 1.97. The molecule has 1 aromatic heterocycles. The van der Waals surface area contributed by atoms with Gasteiger partial charge in [-0.15, -0.1) is 5.11 Å². The number of azo groups is 1. The van der Waals surface area contributed by atoms with Gasteiger partial charge in [-0.1, -0.05) is 22.0 Å². The van der Waals surface area contributed by atoms with Gasteiger partial charge in [0.15, 0.2) is 0 Å². The molecule has 3 N–H and O–H groups in total. The van der Waals surface area contributed by atoms with Crippen molar-refractivity contribution in [2.45, 2.75) is 0 Å². The number of rotatable bonds is 2. The second-order valence-electron chi connectivity index (χ2n) is 3.29. The maximum atomic E-state index is 11.4. The summed E-state index contributed by atoms with van der Waals surface area (Å²) in [6, 6.07) is 6.91. The molecule has 0 aliphatic rings. The summed E-state index contributed by atoms with van der Waals surface area (Å²) in [6.07, 6.45) is 0. The fraction of sp³-hybridized carbons (Fsp3) is 0. The summed E-state index contributed by atoms with van der Waals surface area (Å²) in [5, 5.41) is 16.7. The minimum absolute atomic E-state index is 0.352. The number of aromatic amines is 2. The van der Waals surface area contributed by atoms with Crippen molar-refractivity contribution in [3.63, 3.8) is 0 Å². The topological polar surface area (TPSA) is 111 Å². The molecule has 7 nitrogen and oxygen atoms in total. The Morgan fingerprint density at radius 2 is 1.94 bits per heavy atom. The van der Waals surface area contributed by atoms with E-state index in [2.05, 4.69) is 26.2 Å². The normalized spacial score (nSPS) is 10.9. The SMILES string of the molecule is O=c1[nH]c(O)c(N=Nc2cccc(Br)c2)c(=O)[nH]1. The van der Waals surface area contributed by atoms with Crippen LogP contribution in [-0.2, 0) is 0 Å². The summed E-state index contributed by atoms with van der Waals surface area (Å²) in [5.41, 5.74) is -1.47. The van der Waals surface area contributed by atoms with E-state index in [1.54, 1.807) is 18.2 Å². The van der Waals surface area contributed by atoms with Crippen molar-refractivity contribution in [3.05, 3.63) is 49.6 Å². The van der Waals surface area contributed by atoms with Gasteiger partial charge in [-0.2, -0.15) is 5.11 Å². The second-order valence-corrected chi connectivity index (χ2v) is 4.20. The number of hydrogen-bond donors (Lipinski definition) is 3. The number of H-pyrrole nitrogens is 2. The van der Waals surface area contributed by atoms with E-state index in [-0.39, 0.29) is 5.69 Å². The lowest BCUT2D eigenvalue weighted by atomic mass is 10.3. The van der Waals surface area contributed by atoms with Crippen molar-refractivity contribution in [1.29, 1.82) is 0 Å². The van der Waals surface area contributed by atoms with Gasteiger partial charge in [-0.25, -0.2) is 4.79 Å². The average molecular weight is 311 g/mol. The number of nitrogens with one attached hydrogen (secondary N) is 2. The Bertz CT molecular complexity index is 720. The van der Waals surface area contributed by atoms with Crippen LogP contribution in [0.5, 0.6) is 5.88 Å². The number of aromatic hydroxyl groups is 1. The monoisotopic (exact) mass is 310 g/mol. The molecule has 0 radical (unpaired) electrons. The fourth-order valence-electron chi connectivity index (χ4n) is 1.21. The van der Waals surface area contributed by atoms with Gasteiger partial charge >= 0.3 is 5.69 Å². The zero-order valence-corrected chi connectivity index (χ0v) is 10.4. The van der Waals surface area contributed by atoms with Crippen molar-refractivity contribution >= 4 is 27.3 Å². The van der Waals surface area contributed by atoms with E-state index >= 15 is 0 Å². The molecule has 0 amide bonds. The third-order valence-corrected chi connectivity index (χ3v) is 2.47. The van der Waals surface area contributed by atoms with Crippen LogP contribution in [0.1, 0.15) is 0 Å². The number of hydrogen-bond acceptors (Lipinski definition) is 5. The van der Waals surface area contributed by atoms with Gasteiger partial charge in [0.2, 0.25) is 11.6 Å². The second kappa shape index (κ2) is 4.96. The van der Waals surface area contributed by atoms with E-state index < -0.39 is 17.1 Å². The molecule has 2 aromatic rings. The summed E-state index contributed by atoms with van der Waals surface area (Å²) < 4.78 is 0.804. The molecule has 0 atom stereocenters. The molecule has 0 fully saturated rings. The summed E-state index contributed by atoms with van der Waals surface area (Å²) in [5.74, 6) is -0.623. The van der Waals surface area contributed by atoms with Gasteiger partial charge in [0.25, 0.3) is 5.56 Å². The van der Waals surface area contributed by atoms with E-state index in [0.717, 1.165) is 4.47 Å². The van der Waals surface area contributed by atoms with Crippen LogP contribution in [0.4, 0.5) is 11.4 Å². The molecule has 0 saturated heterocycles. The molecule has 18 heavy (non-hydrogen) atoms. The minimum Gasteiger partial charge on any atom is -0.493 e. The number of aromatic nitrogens is 2. The predicted octanol–water partition coefficient (Wildman–Crippen LogP) is 1.95. The lowest BCUT2D eigenvalue weighted by Gasteiger charge is -1.95. The van der Waals surface area contributed by atoms with Crippen molar-refractivity contribution in [2.75, 3.05) is 0 Å². The first-order valence-electron chi connectivity index (χ1n) is 4.79. The molecule has 1 aromatic carbocycles. The van der Waals surface area contributed by atoms with Gasteiger partial charge < -0.3 is 5.11 Å². The van der Waals surface area contributed by atoms with Crippen molar-refractivity contribution < 1.29 is 5.11 Å². The van der Waals surface area contributed by atoms with Gasteiger partial charge in [0.1, 0.15) is 0 Å². The molecular formula is C10H7BrN4O3. The van der Waals surface area contributed by atoms with Crippen molar-refractivity contribution in [2.24, 2.45) is 10.2 Å². The van der Waals surface area contributed by atoms with Crippen LogP contribution in [0.2, 0.25) is 0 Å². The van der Waals surface area contributed by atoms with Crippen molar-refractivity contribution in [3.8, 4) is 5.88 Å². The molecular weight excluding hydrogens is 304 g/mol. The Hall–Kier alpha value is -2.22. The zero-order valence-electron chi connectivity index (χ0n) is 8.85. The Labute approximate surface area is 108 Å². The number of halogens is 1. The number of benzene rings is 1. The molecule has 8 heteroatoms. The summed E-state index contributed by atoms with van der Waals surface area (Å²) in [4.78, 5) is 26.1. The van der Waals surface area contributed by atoms with Crippen LogP contribution >= 0.6 is 15.9 Å². The first-order chi connectivity index (χ1) is 8.56. The number of nitrogens with zero attached hydrogens (tertiary/aromatic N) is 2. The largest absolute Gasteiger partial charge is 0.493 e. The predicted molar refractivity (Wildman–Crippen MR) is 67.7 cm³/mol. The molecule has 0 bridgehead atoms. The van der Waals surface area contributed by atoms with E-state index in [4.69, 9.17) is 0 Å². The van der Waals surface area contributed by atoms with Gasteiger partial charge in [-0.05, 0) is 18.2 Å². The van der Waals surface area contributed by atoms with Crippen LogP contribution in [0.15, 0.2) is 48.6 Å². The smallest absolute Gasteiger partial charge is 0.328 e. The molecule has 0 unspecified atom stereocenters. The lowest BCUT2D eigenvalue weighted by Crippen LogP contribution is -2.20. The molecule has 0 spiro atoms. The molecule has 2 rings (SSSR count). The molecule has 0 aliphatic carbocycles. The molecule has 92 valence electrons. The van der Waals surface area contributed by atoms with E-state index in [9.17, 15) is 14.7 Å². The lowest BCUT2D eigenvalue weighted by molar-refractivity contribution is 0.450. The Kier molecular flexibility index (Phi) is 3.38. The highest BCUT2D eigenvalue weighted by molar-refractivity contribution is 9.10. The minimum atomic E-state index is -0.810. The summed E-state index contributed by atoms with van der Waals surface area (Å²) >= 11 is 3.26. The fourth-order valence-corrected chi connectivity index (χ4v) is 1.59. The van der Waals surface area contributed by atoms with Crippen LogP contribution in [0.25, 0.3) is 0 Å². The molecule has 0 aliphatic heterocycles. The van der Waals surface area contributed by atoms with Crippen LogP contribution in [0.3, 0.4) is 0 Å².